The average molecular weight is 291 g/mol. The molecule has 0 aliphatic heterocycles. The van der Waals surface area contributed by atoms with E-state index in [0.717, 1.165) is 5.56 Å². The zero-order valence-corrected chi connectivity index (χ0v) is 12.5. The Labute approximate surface area is 124 Å². The quantitative estimate of drug-likeness (QED) is 0.739. The monoisotopic (exact) mass is 291 g/mol. The first-order valence-electron chi connectivity index (χ1n) is 6.64. The van der Waals surface area contributed by atoms with Crippen molar-refractivity contribution in [1.82, 2.24) is 10.6 Å². The fourth-order valence-corrected chi connectivity index (χ4v) is 1.49. The van der Waals surface area contributed by atoms with Crippen LogP contribution in [0.1, 0.15) is 36.7 Å². The highest BCUT2D eigenvalue weighted by atomic mass is 16.2. The topological polar surface area (TPSA) is 101 Å². The number of nitrogens with one attached hydrogen (secondary N) is 2. The van der Waals surface area contributed by atoms with Gasteiger partial charge in [0, 0.05) is 17.5 Å². The summed E-state index contributed by atoms with van der Waals surface area (Å²) < 4.78 is 0. The van der Waals surface area contributed by atoms with Crippen LogP contribution in [0.15, 0.2) is 24.3 Å². The Hall–Kier alpha value is -2.37. The molecule has 0 aliphatic rings. The van der Waals surface area contributed by atoms with Crippen molar-refractivity contribution in [3.05, 3.63) is 35.4 Å². The second kappa shape index (κ2) is 6.88. The molecule has 1 aromatic carbocycles. The van der Waals surface area contributed by atoms with Crippen molar-refractivity contribution in [3.63, 3.8) is 0 Å². The molecule has 0 radical (unpaired) electrons. The van der Waals surface area contributed by atoms with Gasteiger partial charge in [0.1, 0.15) is 0 Å². The number of benzene rings is 1. The van der Waals surface area contributed by atoms with Gasteiger partial charge < -0.3 is 16.4 Å². The Morgan fingerprint density at radius 3 is 2.10 bits per heavy atom. The average Bonchev–Trinajstić information content (AvgIpc) is 2.41. The van der Waals surface area contributed by atoms with E-state index >= 15 is 0 Å². The van der Waals surface area contributed by atoms with Gasteiger partial charge in [0.2, 0.25) is 11.8 Å². The predicted octanol–water partition coefficient (Wildman–Crippen LogP) is 0.564. The van der Waals surface area contributed by atoms with Crippen LogP contribution < -0.4 is 16.4 Å². The van der Waals surface area contributed by atoms with Crippen molar-refractivity contribution in [2.75, 3.05) is 6.54 Å². The molecule has 3 amide bonds. The highest BCUT2D eigenvalue weighted by Crippen LogP contribution is 2.13. The first-order chi connectivity index (χ1) is 9.70. The van der Waals surface area contributed by atoms with Crippen molar-refractivity contribution in [2.24, 2.45) is 11.1 Å². The molecule has 0 aromatic heterocycles. The largest absolute Gasteiger partial charge is 0.368 e. The van der Waals surface area contributed by atoms with Gasteiger partial charge in [-0.2, -0.15) is 0 Å². The Morgan fingerprint density at radius 2 is 1.62 bits per heavy atom. The van der Waals surface area contributed by atoms with Crippen molar-refractivity contribution < 1.29 is 14.4 Å². The van der Waals surface area contributed by atoms with Crippen LogP contribution in [0.2, 0.25) is 0 Å². The first-order valence-corrected chi connectivity index (χ1v) is 6.64. The molecule has 0 spiro atoms. The van der Waals surface area contributed by atoms with Gasteiger partial charge >= 0.3 is 0 Å². The minimum Gasteiger partial charge on any atom is -0.368 e. The van der Waals surface area contributed by atoms with Crippen LogP contribution in [0.4, 0.5) is 0 Å². The molecular weight excluding hydrogens is 270 g/mol. The minimum absolute atomic E-state index is 0.0363. The molecule has 21 heavy (non-hydrogen) atoms. The molecular formula is C15H21N3O3. The second-order valence-electron chi connectivity index (χ2n) is 5.78. The third-order valence-electron chi connectivity index (χ3n) is 2.77. The number of hydrogen-bond donors (Lipinski definition) is 3. The van der Waals surface area contributed by atoms with Crippen LogP contribution in [0.5, 0.6) is 0 Å². The predicted molar refractivity (Wildman–Crippen MR) is 79.3 cm³/mol. The molecule has 0 bridgehead atoms. The molecule has 1 aromatic rings. The third kappa shape index (κ3) is 5.64. The van der Waals surface area contributed by atoms with E-state index in [0.29, 0.717) is 12.1 Å². The van der Waals surface area contributed by atoms with E-state index in [1.54, 1.807) is 24.3 Å². The number of amides is 3. The van der Waals surface area contributed by atoms with E-state index in [2.05, 4.69) is 10.6 Å². The summed E-state index contributed by atoms with van der Waals surface area (Å²) >= 11 is 0. The molecule has 1 rings (SSSR count). The van der Waals surface area contributed by atoms with Crippen molar-refractivity contribution >= 4 is 17.7 Å². The number of hydrogen-bond acceptors (Lipinski definition) is 3. The van der Waals surface area contributed by atoms with Crippen molar-refractivity contribution in [1.29, 1.82) is 0 Å². The highest BCUT2D eigenvalue weighted by Gasteiger charge is 2.20. The summed E-state index contributed by atoms with van der Waals surface area (Å²) in [6.45, 7) is 5.74. The summed E-state index contributed by atoms with van der Waals surface area (Å²) in [7, 11) is 0. The Morgan fingerprint density at radius 1 is 1.05 bits per heavy atom. The lowest BCUT2D eigenvalue weighted by atomic mass is 9.95. The fourth-order valence-electron chi connectivity index (χ4n) is 1.49. The normalized spacial score (nSPS) is 10.8. The lowest BCUT2D eigenvalue weighted by Crippen LogP contribution is -2.34. The van der Waals surface area contributed by atoms with Crippen molar-refractivity contribution in [2.45, 2.75) is 27.3 Å². The first kappa shape index (κ1) is 16.7. The number of carbonyl (C=O) groups is 3. The van der Waals surface area contributed by atoms with E-state index < -0.39 is 11.3 Å². The van der Waals surface area contributed by atoms with E-state index in [-0.39, 0.29) is 18.4 Å². The van der Waals surface area contributed by atoms with E-state index in [4.69, 9.17) is 5.73 Å². The van der Waals surface area contributed by atoms with Crippen LogP contribution in [0, 0.1) is 5.41 Å². The van der Waals surface area contributed by atoms with Crippen LogP contribution in [0.25, 0.3) is 0 Å². The fraction of sp³-hybridized carbons (Fsp3) is 0.400. The summed E-state index contributed by atoms with van der Waals surface area (Å²) in [6, 6.07) is 6.77. The van der Waals surface area contributed by atoms with Crippen LogP contribution in [-0.4, -0.2) is 24.3 Å². The second-order valence-corrected chi connectivity index (χ2v) is 5.78. The number of rotatable bonds is 5. The molecule has 0 saturated carbocycles. The van der Waals surface area contributed by atoms with E-state index in [1.807, 2.05) is 20.8 Å². The zero-order valence-electron chi connectivity index (χ0n) is 12.5. The Kier molecular flexibility index (Phi) is 5.46. The van der Waals surface area contributed by atoms with Crippen LogP contribution >= 0.6 is 0 Å². The molecule has 6 heteroatoms. The maximum atomic E-state index is 11.7. The van der Waals surface area contributed by atoms with Gasteiger partial charge in [0.25, 0.3) is 5.91 Å². The maximum Gasteiger partial charge on any atom is 0.251 e. The molecule has 0 atom stereocenters. The molecule has 6 nitrogen and oxygen atoms in total. The van der Waals surface area contributed by atoms with E-state index in [1.165, 1.54) is 0 Å². The SMILES string of the molecule is CC(C)(C)C(=O)NCc1ccc(C(=O)NCC(N)=O)cc1. The molecule has 114 valence electrons. The van der Waals surface area contributed by atoms with Gasteiger partial charge in [0.05, 0.1) is 6.54 Å². The zero-order chi connectivity index (χ0) is 16.0. The molecule has 0 fully saturated rings. The molecule has 0 aliphatic carbocycles. The summed E-state index contributed by atoms with van der Waals surface area (Å²) in [5, 5.41) is 5.23. The Bertz CT molecular complexity index is 530. The molecule has 0 heterocycles. The maximum absolute atomic E-state index is 11.7. The standard InChI is InChI=1S/C15H21N3O3/c1-15(2,3)14(21)18-8-10-4-6-11(7-5-10)13(20)17-9-12(16)19/h4-7H,8-9H2,1-3H3,(H2,16,19)(H,17,20)(H,18,21). The lowest BCUT2D eigenvalue weighted by molar-refractivity contribution is -0.128. The third-order valence-corrected chi connectivity index (χ3v) is 2.77. The number of nitrogens with two attached hydrogens (primary N) is 1. The van der Waals surface area contributed by atoms with Gasteiger partial charge in [0.15, 0.2) is 0 Å². The Balaban J connectivity index is 2.56. The van der Waals surface area contributed by atoms with Crippen LogP contribution in [0.3, 0.4) is 0 Å². The van der Waals surface area contributed by atoms with Gasteiger partial charge in [-0.3, -0.25) is 14.4 Å². The minimum atomic E-state index is -0.593. The molecule has 0 saturated heterocycles. The lowest BCUT2D eigenvalue weighted by Gasteiger charge is -2.17. The highest BCUT2D eigenvalue weighted by molar-refractivity contribution is 5.96. The number of carbonyl (C=O) groups excluding carboxylic acids is 3. The summed E-state index contributed by atoms with van der Waals surface area (Å²) in [5.74, 6) is -0.991. The molecule has 4 N–H and O–H groups in total. The summed E-state index contributed by atoms with van der Waals surface area (Å²) in [6.07, 6.45) is 0. The van der Waals surface area contributed by atoms with E-state index in [9.17, 15) is 14.4 Å². The van der Waals surface area contributed by atoms with Gasteiger partial charge in [-0.25, -0.2) is 0 Å². The summed E-state index contributed by atoms with van der Waals surface area (Å²) in [5.41, 5.74) is 5.84. The van der Waals surface area contributed by atoms with Gasteiger partial charge in [-0.05, 0) is 17.7 Å². The van der Waals surface area contributed by atoms with Gasteiger partial charge in [-0.15, -0.1) is 0 Å². The van der Waals surface area contributed by atoms with Crippen molar-refractivity contribution in [3.8, 4) is 0 Å². The number of primary amides is 1. The molecule has 0 unspecified atom stereocenters. The summed E-state index contributed by atoms with van der Waals surface area (Å²) in [4.78, 5) is 34.0. The smallest absolute Gasteiger partial charge is 0.251 e. The van der Waals surface area contributed by atoms with Gasteiger partial charge in [-0.1, -0.05) is 32.9 Å². The van der Waals surface area contributed by atoms with Crippen LogP contribution in [-0.2, 0) is 16.1 Å².